The number of carbonyl (C=O) groups is 2. The van der Waals surface area contributed by atoms with Gasteiger partial charge in [0.05, 0.1) is 0 Å². The zero-order valence-corrected chi connectivity index (χ0v) is 13.1. The number of hydrogen-bond donors (Lipinski definition) is 0. The van der Waals surface area contributed by atoms with E-state index in [2.05, 4.69) is 4.90 Å². The summed E-state index contributed by atoms with van der Waals surface area (Å²) in [6, 6.07) is 5.34. The fraction of sp³-hybridized carbons (Fsp3) is 0.500. The van der Waals surface area contributed by atoms with E-state index < -0.39 is 0 Å². The molecule has 0 aromatic heterocycles. The van der Waals surface area contributed by atoms with Gasteiger partial charge in [-0.05, 0) is 31.2 Å². The minimum absolute atomic E-state index is 0.110. The molecule has 0 radical (unpaired) electrons. The average molecular weight is 321 g/mol. The monoisotopic (exact) mass is 321 g/mol. The molecule has 3 rings (SSSR count). The second kappa shape index (κ2) is 6.54. The Morgan fingerprint density at radius 3 is 2.65 bits per heavy atom. The van der Waals surface area contributed by atoms with E-state index in [9.17, 15) is 14.0 Å². The third-order valence-electron chi connectivity index (χ3n) is 4.30. The smallest absolute Gasteiger partial charge is 0.327 e. The number of urea groups is 1. The molecule has 2 saturated heterocycles. The lowest BCUT2D eigenvalue weighted by molar-refractivity contribution is -0.129. The molecule has 124 valence electrons. The van der Waals surface area contributed by atoms with Crippen molar-refractivity contribution in [3.05, 3.63) is 30.1 Å². The number of rotatable bonds is 5. The van der Waals surface area contributed by atoms with Crippen molar-refractivity contribution < 1.29 is 18.7 Å². The highest BCUT2D eigenvalue weighted by Gasteiger charge is 2.46. The van der Waals surface area contributed by atoms with Crippen molar-refractivity contribution in [2.75, 3.05) is 39.3 Å². The Balaban J connectivity index is 1.51. The topological polar surface area (TPSA) is 53.1 Å². The molecule has 0 N–H and O–H groups in total. The first-order chi connectivity index (χ1) is 11.1. The van der Waals surface area contributed by atoms with Crippen LogP contribution in [0.2, 0.25) is 0 Å². The Hall–Kier alpha value is -2.15. The number of hydrogen-bond acceptors (Lipinski definition) is 4. The van der Waals surface area contributed by atoms with Crippen LogP contribution in [0.25, 0.3) is 0 Å². The summed E-state index contributed by atoms with van der Waals surface area (Å²) in [7, 11) is 0. The molecule has 0 bridgehead atoms. The third-order valence-corrected chi connectivity index (χ3v) is 4.30. The molecule has 2 aliphatic rings. The van der Waals surface area contributed by atoms with Gasteiger partial charge in [-0.3, -0.25) is 14.6 Å². The van der Waals surface area contributed by atoms with Gasteiger partial charge in [0, 0.05) is 32.7 Å². The van der Waals surface area contributed by atoms with Gasteiger partial charge in [-0.25, -0.2) is 9.18 Å². The number of ether oxygens (including phenoxy) is 1. The quantitative estimate of drug-likeness (QED) is 0.764. The zero-order chi connectivity index (χ0) is 16.4. The Labute approximate surface area is 134 Å². The molecule has 23 heavy (non-hydrogen) atoms. The van der Waals surface area contributed by atoms with Gasteiger partial charge in [0.25, 0.3) is 5.91 Å². The predicted octanol–water partition coefficient (Wildman–Crippen LogP) is 1.17. The molecule has 1 atom stereocenters. The van der Waals surface area contributed by atoms with Crippen molar-refractivity contribution in [2.45, 2.75) is 13.0 Å². The molecule has 2 fully saturated rings. The first-order valence-electron chi connectivity index (χ1n) is 7.83. The molecule has 7 heteroatoms. The predicted molar refractivity (Wildman–Crippen MR) is 81.6 cm³/mol. The highest BCUT2D eigenvalue weighted by atomic mass is 19.1. The highest BCUT2D eigenvalue weighted by Crippen LogP contribution is 2.21. The second-order valence-corrected chi connectivity index (χ2v) is 5.68. The molecule has 0 saturated carbocycles. The summed E-state index contributed by atoms with van der Waals surface area (Å²) < 4.78 is 18.4. The van der Waals surface area contributed by atoms with Crippen LogP contribution in [0.15, 0.2) is 24.3 Å². The fourth-order valence-electron chi connectivity index (χ4n) is 3.03. The first-order valence-corrected chi connectivity index (χ1v) is 7.83. The average Bonchev–Trinajstić information content (AvgIpc) is 2.80. The molecule has 0 aliphatic carbocycles. The largest absolute Gasteiger partial charge is 0.492 e. The fourth-order valence-corrected chi connectivity index (χ4v) is 3.03. The van der Waals surface area contributed by atoms with Crippen molar-refractivity contribution in [3.8, 4) is 5.75 Å². The van der Waals surface area contributed by atoms with Crippen molar-refractivity contribution in [1.29, 1.82) is 0 Å². The van der Waals surface area contributed by atoms with Gasteiger partial charge in [0.1, 0.15) is 24.2 Å². The lowest BCUT2D eigenvalue weighted by atomic mass is 10.2. The third kappa shape index (κ3) is 3.14. The van der Waals surface area contributed by atoms with E-state index in [0.29, 0.717) is 38.5 Å². The van der Waals surface area contributed by atoms with E-state index in [4.69, 9.17) is 4.74 Å². The maximum atomic E-state index is 12.8. The number of halogens is 1. The standard InChI is InChI=1S/C16H20FN3O3/c1-2-19-15(21)14-11-18(7-8-20(14)16(19)22)9-10-23-13-5-3-12(17)4-6-13/h3-6,14H,2,7-11H2,1H3. The van der Waals surface area contributed by atoms with Gasteiger partial charge in [-0.1, -0.05) is 0 Å². The van der Waals surface area contributed by atoms with Crippen LogP contribution in [0.4, 0.5) is 9.18 Å². The first kappa shape index (κ1) is 15.7. The van der Waals surface area contributed by atoms with Crippen LogP contribution >= 0.6 is 0 Å². The second-order valence-electron chi connectivity index (χ2n) is 5.68. The molecule has 3 amide bonds. The number of fused-ring (bicyclic) bond motifs is 1. The van der Waals surface area contributed by atoms with Crippen LogP contribution in [-0.4, -0.2) is 72.0 Å². The number of amides is 3. The van der Waals surface area contributed by atoms with Gasteiger partial charge in [-0.2, -0.15) is 0 Å². The van der Waals surface area contributed by atoms with Crippen molar-refractivity contribution >= 4 is 11.9 Å². The lowest BCUT2D eigenvalue weighted by Gasteiger charge is -2.35. The van der Waals surface area contributed by atoms with Crippen LogP contribution in [-0.2, 0) is 4.79 Å². The van der Waals surface area contributed by atoms with Crippen LogP contribution in [0.5, 0.6) is 5.75 Å². The highest BCUT2D eigenvalue weighted by molar-refractivity contribution is 6.04. The normalized spacial score (nSPS) is 21.7. The SMILES string of the molecule is CCN1C(=O)C2CN(CCOc3ccc(F)cc3)CCN2C1=O. The van der Waals surface area contributed by atoms with E-state index >= 15 is 0 Å². The molecule has 6 nitrogen and oxygen atoms in total. The van der Waals surface area contributed by atoms with Crippen LogP contribution in [0, 0.1) is 5.82 Å². The molecule has 1 aromatic rings. The van der Waals surface area contributed by atoms with Gasteiger partial charge in [-0.15, -0.1) is 0 Å². The molecule has 1 unspecified atom stereocenters. The van der Waals surface area contributed by atoms with E-state index in [-0.39, 0.29) is 23.8 Å². The number of nitrogens with zero attached hydrogens (tertiary/aromatic N) is 3. The maximum Gasteiger partial charge on any atom is 0.327 e. The Morgan fingerprint density at radius 2 is 1.96 bits per heavy atom. The minimum atomic E-state index is -0.373. The van der Waals surface area contributed by atoms with Crippen molar-refractivity contribution in [2.24, 2.45) is 0 Å². The summed E-state index contributed by atoms with van der Waals surface area (Å²) >= 11 is 0. The van der Waals surface area contributed by atoms with Gasteiger partial charge in [0.2, 0.25) is 0 Å². The summed E-state index contributed by atoms with van der Waals surface area (Å²) in [6.07, 6.45) is 0. The van der Waals surface area contributed by atoms with E-state index in [1.54, 1.807) is 17.0 Å². The summed E-state index contributed by atoms with van der Waals surface area (Å²) in [5.74, 6) is 0.217. The Bertz CT molecular complexity index is 593. The van der Waals surface area contributed by atoms with Crippen molar-refractivity contribution in [3.63, 3.8) is 0 Å². The Kier molecular flexibility index (Phi) is 4.47. The van der Waals surface area contributed by atoms with Crippen LogP contribution < -0.4 is 4.74 Å². The maximum absolute atomic E-state index is 12.8. The van der Waals surface area contributed by atoms with Crippen LogP contribution in [0.1, 0.15) is 6.92 Å². The number of benzene rings is 1. The van der Waals surface area contributed by atoms with Crippen LogP contribution in [0.3, 0.4) is 0 Å². The molecular weight excluding hydrogens is 301 g/mol. The Morgan fingerprint density at radius 1 is 1.22 bits per heavy atom. The van der Waals surface area contributed by atoms with E-state index in [1.165, 1.54) is 17.0 Å². The van der Waals surface area contributed by atoms with Gasteiger partial charge >= 0.3 is 6.03 Å². The molecular formula is C16H20FN3O3. The number of carbonyl (C=O) groups excluding carboxylic acids is 2. The number of likely N-dealkylation sites (N-methyl/N-ethyl adjacent to an activating group) is 1. The zero-order valence-electron chi connectivity index (χ0n) is 13.1. The summed E-state index contributed by atoms with van der Waals surface area (Å²) in [6.45, 7) is 5.16. The molecule has 2 aliphatic heterocycles. The lowest BCUT2D eigenvalue weighted by Crippen LogP contribution is -2.53. The number of piperazine rings is 1. The summed E-state index contributed by atoms with van der Waals surface area (Å²) in [5.41, 5.74) is 0. The molecule has 0 spiro atoms. The van der Waals surface area contributed by atoms with Gasteiger partial charge < -0.3 is 9.64 Å². The number of imide groups is 1. The van der Waals surface area contributed by atoms with Crippen molar-refractivity contribution in [1.82, 2.24) is 14.7 Å². The summed E-state index contributed by atoms with van der Waals surface area (Å²) in [4.78, 5) is 29.4. The van der Waals surface area contributed by atoms with E-state index in [0.717, 1.165) is 6.54 Å². The summed E-state index contributed by atoms with van der Waals surface area (Å²) in [5, 5.41) is 0. The molecule has 2 heterocycles. The van der Waals surface area contributed by atoms with Gasteiger partial charge in [0.15, 0.2) is 0 Å². The molecule has 1 aromatic carbocycles. The minimum Gasteiger partial charge on any atom is -0.492 e. The van der Waals surface area contributed by atoms with E-state index in [1.807, 2.05) is 6.92 Å².